The summed E-state index contributed by atoms with van der Waals surface area (Å²) in [4.78, 5) is 0. The number of nitrogens with one attached hydrogen (secondary N) is 1. The molecule has 0 saturated heterocycles. The van der Waals surface area contributed by atoms with Crippen molar-refractivity contribution in [2.24, 2.45) is 5.92 Å². The maximum atomic E-state index is 5.45. The minimum atomic E-state index is 0.346. The van der Waals surface area contributed by atoms with Gasteiger partial charge in [0.05, 0.1) is 12.3 Å². The Morgan fingerprint density at radius 2 is 2.33 bits per heavy atom. The van der Waals surface area contributed by atoms with Gasteiger partial charge in [-0.3, -0.25) is 0 Å². The van der Waals surface area contributed by atoms with Crippen LogP contribution in [0.1, 0.15) is 50.0 Å². The lowest BCUT2D eigenvalue weighted by Crippen LogP contribution is -2.20. The van der Waals surface area contributed by atoms with E-state index < -0.39 is 0 Å². The maximum absolute atomic E-state index is 5.45. The molecule has 2 nitrogen and oxygen atoms in total. The second kappa shape index (κ2) is 4.84. The summed E-state index contributed by atoms with van der Waals surface area (Å²) in [6, 6.07) is 2.37. The maximum Gasteiger partial charge on any atom is 0.123 e. The third-order valence-corrected chi connectivity index (χ3v) is 3.23. The van der Waals surface area contributed by atoms with Gasteiger partial charge in [-0.2, -0.15) is 0 Å². The Morgan fingerprint density at radius 3 is 2.93 bits per heavy atom. The predicted octanol–water partition coefficient (Wildman–Crippen LogP) is 3.43. The fourth-order valence-electron chi connectivity index (χ4n) is 2.04. The molecule has 15 heavy (non-hydrogen) atoms. The van der Waals surface area contributed by atoms with E-state index >= 15 is 0 Å². The molecule has 1 aliphatic rings. The quantitative estimate of drug-likeness (QED) is 0.723. The predicted molar refractivity (Wildman–Crippen MR) is 61.8 cm³/mol. The largest absolute Gasteiger partial charge is 0.467 e. The number of furan rings is 1. The number of hydrogen-bond acceptors (Lipinski definition) is 2. The fourth-order valence-corrected chi connectivity index (χ4v) is 2.04. The van der Waals surface area contributed by atoms with E-state index in [0.717, 1.165) is 18.2 Å². The number of rotatable bonds is 6. The molecule has 0 aromatic carbocycles. The topological polar surface area (TPSA) is 25.2 Å². The van der Waals surface area contributed by atoms with Gasteiger partial charge in [0.1, 0.15) is 5.76 Å². The summed E-state index contributed by atoms with van der Waals surface area (Å²) in [6.07, 6.45) is 7.40. The van der Waals surface area contributed by atoms with E-state index in [9.17, 15) is 0 Å². The van der Waals surface area contributed by atoms with Crippen molar-refractivity contribution in [1.82, 2.24) is 5.32 Å². The van der Waals surface area contributed by atoms with Crippen molar-refractivity contribution in [1.29, 1.82) is 0 Å². The van der Waals surface area contributed by atoms with E-state index in [4.69, 9.17) is 4.42 Å². The first-order chi connectivity index (χ1) is 7.27. The standard InChI is InChI=1S/C13H21NO/c1-10-7-9-15-13(10)11(2)14-8-3-4-12-5-6-12/h7,9,11-12,14H,3-6,8H2,1-2H3. The first kappa shape index (κ1) is 10.7. The highest BCUT2D eigenvalue weighted by atomic mass is 16.3. The molecule has 0 aliphatic heterocycles. The van der Waals surface area contributed by atoms with Crippen LogP contribution in [-0.2, 0) is 0 Å². The van der Waals surface area contributed by atoms with Crippen LogP contribution in [0.25, 0.3) is 0 Å². The van der Waals surface area contributed by atoms with E-state index in [1.807, 2.05) is 6.07 Å². The van der Waals surface area contributed by atoms with Gasteiger partial charge in [0.2, 0.25) is 0 Å². The molecular formula is C13H21NO. The molecule has 0 bridgehead atoms. The SMILES string of the molecule is Cc1ccoc1C(C)NCCCC1CC1. The Bertz CT molecular complexity index is 301. The van der Waals surface area contributed by atoms with Crippen LogP contribution in [0, 0.1) is 12.8 Å². The molecule has 1 fully saturated rings. The lowest BCUT2D eigenvalue weighted by molar-refractivity contribution is 0.422. The van der Waals surface area contributed by atoms with E-state index in [0.29, 0.717) is 6.04 Å². The van der Waals surface area contributed by atoms with Gasteiger partial charge in [-0.25, -0.2) is 0 Å². The average Bonchev–Trinajstić information content (AvgIpc) is 2.94. The van der Waals surface area contributed by atoms with E-state index in [2.05, 4.69) is 19.2 Å². The van der Waals surface area contributed by atoms with Crippen LogP contribution in [0.4, 0.5) is 0 Å². The van der Waals surface area contributed by atoms with Crippen LogP contribution in [0.15, 0.2) is 16.7 Å². The van der Waals surface area contributed by atoms with Crippen molar-refractivity contribution in [2.45, 2.75) is 45.6 Å². The minimum absolute atomic E-state index is 0.346. The molecule has 0 radical (unpaired) electrons. The Kier molecular flexibility index (Phi) is 3.47. The van der Waals surface area contributed by atoms with Crippen molar-refractivity contribution in [3.63, 3.8) is 0 Å². The Labute approximate surface area is 92.1 Å². The molecule has 0 spiro atoms. The molecule has 2 heteroatoms. The molecule has 1 aromatic rings. The third kappa shape index (κ3) is 3.10. The Morgan fingerprint density at radius 1 is 1.53 bits per heavy atom. The number of aryl methyl sites for hydroxylation is 1. The summed E-state index contributed by atoms with van der Waals surface area (Å²) in [5, 5.41) is 3.52. The van der Waals surface area contributed by atoms with Gasteiger partial charge in [-0.1, -0.05) is 12.8 Å². The Balaban J connectivity index is 1.67. The molecule has 1 N–H and O–H groups in total. The van der Waals surface area contributed by atoms with Crippen molar-refractivity contribution in [3.05, 3.63) is 23.7 Å². The van der Waals surface area contributed by atoms with Crippen LogP contribution in [0.3, 0.4) is 0 Å². The summed E-state index contributed by atoms with van der Waals surface area (Å²) in [7, 11) is 0. The first-order valence-corrected chi connectivity index (χ1v) is 6.04. The molecule has 84 valence electrons. The summed E-state index contributed by atoms with van der Waals surface area (Å²) in [6.45, 7) is 5.38. The van der Waals surface area contributed by atoms with E-state index in [1.165, 1.54) is 31.2 Å². The summed E-state index contributed by atoms with van der Waals surface area (Å²) in [5.74, 6) is 2.13. The number of hydrogen-bond donors (Lipinski definition) is 1. The second-order valence-corrected chi connectivity index (χ2v) is 4.73. The molecule has 1 atom stereocenters. The van der Waals surface area contributed by atoms with Crippen molar-refractivity contribution in [2.75, 3.05) is 6.54 Å². The molecule has 1 aliphatic carbocycles. The van der Waals surface area contributed by atoms with Crippen LogP contribution in [0.5, 0.6) is 0 Å². The van der Waals surface area contributed by atoms with Crippen molar-refractivity contribution < 1.29 is 4.42 Å². The zero-order valence-corrected chi connectivity index (χ0v) is 9.75. The van der Waals surface area contributed by atoms with Crippen LogP contribution in [-0.4, -0.2) is 6.54 Å². The lowest BCUT2D eigenvalue weighted by Gasteiger charge is -2.12. The summed E-state index contributed by atoms with van der Waals surface area (Å²) >= 11 is 0. The van der Waals surface area contributed by atoms with Gasteiger partial charge < -0.3 is 9.73 Å². The minimum Gasteiger partial charge on any atom is -0.467 e. The van der Waals surface area contributed by atoms with Crippen LogP contribution in [0.2, 0.25) is 0 Å². The third-order valence-electron chi connectivity index (χ3n) is 3.23. The molecular weight excluding hydrogens is 186 g/mol. The van der Waals surface area contributed by atoms with Gasteiger partial charge in [-0.05, 0) is 50.8 Å². The van der Waals surface area contributed by atoms with Gasteiger partial charge in [0, 0.05) is 0 Å². The van der Waals surface area contributed by atoms with Gasteiger partial charge >= 0.3 is 0 Å². The van der Waals surface area contributed by atoms with Crippen molar-refractivity contribution >= 4 is 0 Å². The van der Waals surface area contributed by atoms with Crippen LogP contribution < -0.4 is 5.32 Å². The molecule has 0 amide bonds. The van der Waals surface area contributed by atoms with Gasteiger partial charge in [0.15, 0.2) is 0 Å². The fraction of sp³-hybridized carbons (Fsp3) is 0.692. The molecule has 1 aromatic heterocycles. The summed E-state index contributed by atoms with van der Waals surface area (Å²) < 4.78 is 5.45. The summed E-state index contributed by atoms with van der Waals surface area (Å²) in [5.41, 5.74) is 1.25. The highest BCUT2D eigenvalue weighted by Crippen LogP contribution is 2.33. The first-order valence-electron chi connectivity index (χ1n) is 6.04. The van der Waals surface area contributed by atoms with Gasteiger partial charge in [0.25, 0.3) is 0 Å². The van der Waals surface area contributed by atoms with E-state index in [-0.39, 0.29) is 0 Å². The second-order valence-electron chi connectivity index (χ2n) is 4.73. The van der Waals surface area contributed by atoms with Gasteiger partial charge in [-0.15, -0.1) is 0 Å². The molecule has 2 rings (SSSR count). The zero-order valence-electron chi connectivity index (χ0n) is 9.75. The smallest absolute Gasteiger partial charge is 0.123 e. The average molecular weight is 207 g/mol. The normalized spacial score (nSPS) is 18.0. The zero-order chi connectivity index (χ0) is 10.7. The molecule has 1 heterocycles. The van der Waals surface area contributed by atoms with E-state index in [1.54, 1.807) is 6.26 Å². The Hall–Kier alpha value is -0.760. The van der Waals surface area contributed by atoms with Crippen LogP contribution >= 0.6 is 0 Å². The molecule has 1 unspecified atom stereocenters. The monoisotopic (exact) mass is 207 g/mol. The molecule has 1 saturated carbocycles. The highest BCUT2D eigenvalue weighted by molar-refractivity contribution is 5.17. The lowest BCUT2D eigenvalue weighted by atomic mass is 10.1. The van der Waals surface area contributed by atoms with Crippen molar-refractivity contribution in [3.8, 4) is 0 Å². The highest BCUT2D eigenvalue weighted by Gasteiger charge is 2.20.